The maximum atomic E-state index is 13.7. The molecule has 1 atom stereocenters. The van der Waals surface area contributed by atoms with E-state index in [1.54, 1.807) is 0 Å². The molecule has 1 aliphatic heterocycles. The van der Waals surface area contributed by atoms with Gasteiger partial charge < -0.3 is 4.90 Å². The minimum atomic E-state index is -4.59. The molecule has 1 unspecified atom stereocenters. The van der Waals surface area contributed by atoms with Gasteiger partial charge in [-0.25, -0.2) is 17.5 Å². The van der Waals surface area contributed by atoms with Gasteiger partial charge in [-0.3, -0.25) is 4.79 Å². The first-order valence-corrected chi connectivity index (χ1v) is 9.70. The van der Waals surface area contributed by atoms with Crippen LogP contribution in [0.5, 0.6) is 0 Å². The van der Waals surface area contributed by atoms with Crippen molar-refractivity contribution in [3.63, 3.8) is 0 Å². The lowest BCUT2D eigenvalue weighted by atomic mass is 10.2. The number of anilines is 1. The molecule has 0 radical (unpaired) electrons. The molecule has 0 spiro atoms. The third kappa shape index (κ3) is 4.23. The van der Waals surface area contributed by atoms with E-state index in [1.165, 1.54) is 12.1 Å². The van der Waals surface area contributed by atoms with Gasteiger partial charge in [-0.1, -0.05) is 12.1 Å². The number of carbonyl (C=O) groups is 1. The number of alkyl halides is 3. The molecule has 0 saturated carbocycles. The zero-order chi connectivity index (χ0) is 21.4. The summed E-state index contributed by atoms with van der Waals surface area (Å²) >= 11 is 0. The van der Waals surface area contributed by atoms with Crippen molar-refractivity contribution in [1.29, 1.82) is 5.26 Å². The van der Waals surface area contributed by atoms with Crippen LogP contribution in [-0.4, -0.2) is 26.9 Å². The number of rotatable bonds is 4. The maximum Gasteiger partial charge on any atom is 0.416 e. The van der Waals surface area contributed by atoms with E-state index in [0.29, 0.717) is 0 Å². The molecule has 1 saturated heterocycles. The molecule has 1 aliphatic rings. The second kappa shape index (κ2) is 7.46. The van der Waals surface area contributed by atoms with E-state index in [0.717, 1.165) is 41.3 Å². The van der Waals surface area contributed by atoms with Crippen molar-refractivity contribution in [2.24, 2.45) is 0 Å². The number of halogens is 4. The van der Waals surface area contributed by atoms with Gasteiger partial charge in [-0.15, -0.1) is 0 Å². The summed E-state index contributed by atoms with van der Waals surface area (Å²) in [5, 5.41) is 9.01. The van der Waals surface area contributed by atoms with Gasteiger partial charge in [-0.05, 0) is 30.3 Å². The Bertz CT molecular complexity index is 1110. The van der Waals surface area contributed by atoms with Crippen molar-refractivity contribution in [2.75, 3.05) is 11.4 Å². The van der Waals surface area contributed by atoms with Gasteiger partial charge in [0.05, 0.1) is 5.56 Å². The molecule has 0 aliphatic carbocycles. The van der Waals surface area contributed by atoms with Crippen molar-refractivity contribution >= 4 is 21.6 Å². The first-order valence-electron chi connectivity index (χ1n) is 8.21. The first kappa shape index (κ1) is 20.8. The summed E-state index contributed by atoms with van der Waals surface area (Å²) in [5.74, 6) is -1.58. The Labute approximate surface area is 163 Å². The Hall–Kier alpha value is -2.97. The molecule has 152 valence electrons. The van der Waals surface area contributed by atoms with Crippen LogP contribution >= 0.6 is 0 Å². The number of benzene rings is 2. The standard InChI is InChI=1S/C18H13F4N3O3S/c19-15-5-2-6-16(14(15)9-23)29(27,28)24-12-8-17(26)25(10-12)13-4-1-3-11(7-13)18(20,21)22/h1-7,12,24H,8,10H2. The summed E-state index contributed by atoms with van der Waals surface area (Å²) in [6.07, 6.45) is -4.89. The number of nitrogens with zero attached hydrogens (tertiary/aromatic N) is 2. The average Bonchev–Trinajstić information content (AvgIpc) is 3.00. The van der Waals surface area contributed by atoms with Crippen molar-refractivity contribution in [1.82, 2.24) is 4.72 Å². The number of hydrogen-bond donors (Lipinski definition) is 1. The van der Waals surface area contributed by atoms with E-state index in [1.807, 2.05) is 0 Å². The Kier molecular flexibility index (Phi) is 5.34. The Morgan fingerprint density at radius 2 is 1.86 bits per heavy atom. The second-order valence-corrected chi connectivity index (χ2v) is 7.98. The van der Waals surface area contributed by atoms with Crippen molar-refractivity contribution in [3.05, 3.63) is 59.4 Å². The van der Waals surface area contributed by atoms with E-state index in [-0.39, 0.29) is 18.7 Å². The van der Waals surface area contributed by atoms with Gasteiger partial charge in [0.25, 0.3) is 0 Å². The number of nitriles is 1. The van der Waals surface area contributed by atoms with E-state index >= 15 is 0 Å². The Morgan fingerprint density at radius 3 is 2.52 bits per heavy atom. The minimum Gasteiger partial charge on any atom is -0.311 e. The van der Waals surface area contributed by atoms with Crippen LogP contribution in [0.15, 0.2) is 47.4 Å². The minimum absolute atomic E-state index is 0.0185. The molecule has 3 rings (SSSR count). The Morgan fingerprint density at radius 1 is 1.17 bits per heavy atom. The fourth-order valence-electron chi connectivity index (χ4n) is 3.01. The van der Waals surface area contributed by atoms with Gasteiger partial charge in [0, 0.05) is 24.7 Å². The third-order valence-corrected chi connectivity index (χ3v) is 5.87. The van der Waals surface area contributed by atoms with Crippen LogP contribution in [0, 0.1) is 17.1 Å². The lowest BCUT2D eigenvalue weighted by Crippen LogP contribution is -2.37. The zero-order valence-electron chi connectivity index (χ0n) is 14.6. The summed E-state index contributed by atoms with van der Waals surface area (Å²) in [6, 6.07) is 7.74. The van der Waals surface area contributed by atoms with Crippen LogP contribution in [0.2, 0.25) is 0 Å². The SMILES string of the molecule is N#Cc1c(F)cccc1S(=O)(=O)NC1CC(=O)N(c2cccc(C(F)(F)F)c2)C1. The van der Waals surface area contributed by atoms with E-state index < -0.39 is 50.0 Å². The summed E-state index contributed by atoms with van der Waals surface area (Å²) in [4.78, 5) is 12.7. The highest BCUT2D eigenvalue weighted by Gasteiger charge is 2.36. The molecule has 2 aromatic rings. The van der Waals surface area contributed by atoms with Gasteiger partial charge in [0.2, 0.25) is 15.9 Å². The highest BCUT2D eigenvalue weighted by atomic mass is 32.2. The topological polar surface area (TPSA) is 90.3 Å². The number of sulfonamides is 1. The number of carbonyl (C=O) groups excluding carboxylic acids is 1. The van der Waals surface area contributed by atoms with Crippen LogP contribution in [0.1, 0.15) is 17.5 Å². The maximum absolute atomic E-state index is 13.7. The molecule has 11 heteroatoms. The largest absolute Gasteiger partial charge is 0.416 e. The molecule has 1 fully saturated rings. The smallest absolute Gasteiger partial charge is 0.311 e. The van der Waals surface area contributed by atoms with Gasteiger partial charge in [0.1, 0.15) is 22.3 Å². The molecule has 29 heavy (non-hydrogen) atoms. The predicted octanol–water partition coefficient (Wildman–Crippen LogP) is 2.80. The van der Waals surface area contributed by atoms with E-state index in [2.05, 4.69) is 4.72 Å². The molecular formula is C18H13F4N3O3S. The van der Waals surface area contributed by atoms with Crippen LogP contribution in [0.4, 0.5) is 23.2 Å². The average molecular weight is 427 g/mol. The van der Waals surface area contributed by atoms with E-state index in [4.69, 9.17) is 5.26 Å². The molecule has 0 bridgehead atoms. The predicted molar refractivity (Wildman–Crippen MR) is 93.6 cm³/mol. The quantitative estimate of drug-likeness (QED) is 0.760. The van der Waals surface area contributed by atoms with Crippen LogP contribution in [-0.2, 0) is 21.0 Å². The van der Waals surface area contributed by atoms with Crippen molar-refractivity contribution < 1.29 is 30.8 Å². The van der Waals surface area contributed by atoms with Crippen molar-refractivity contribution in [3.8, 4) is 6.07 Å². The van der Waals surface area contributed by atoms with Gasteiger partial charge in [0.15, 0.2) is 0 Å². The van der Waals surface area contributed by atoms with Crippen LogP contribution < -0.4 is 9.62 Å². The summed E-state index contributed by atoms with van der Waals surface area (Å²) in [6.45, 7) is -0.212. The molecule has 1 N–H and O–H groups in total. The van der Waals surface area contributed by atoms with E-state index in [9.17, 15) is 30.8 Å². The Balaban J connectivity index is 1.83. The van der Waals surface area contributed by atoms with Crippen LogP contribution in [0.25, 0.3) is 0 Å². The molecule has 1 heterocycles. The first-order chi connectivity index (χ1) is 13.5. The lowest BCUT2D eigenvalue weighted by Gasteiger charge is -2.19. The normalized spacial score (nSPS) is 17.4. The number of hydrogen-bond acceptors (Lipinski definition) is 4. The summed E-state index contributed by atoms with van der Waals surface area (Å²) in [7, 11) is -4.34. The lowest BCUT2D eigenvalue weighted by molar-refractivity contribution is -0.137. The molecule has 2 aromatic carbocycles. The molecular weight excluding hydrogens is 414 g/mol. The highest BCUT2D eigenvalue weighted by molar-refractivity contribution is 7.89. The molecule has 6 nitrogen and oxygen atoms in total. The fourth-order valence-corrected chi connectivity index (χ4v) is 4.40. The molecule has 0 aromatic heterocycles. The monoisotopic (exact) mass is 427 g/mol. The molecule has 1 amide bonds. The summed E-state index contributed by atoms with van der Waals surface area (Å²) in [5.41, 5.74) is -1.63. The zero-order valence-corrected chi connectivity index (χ0v) is 15.4. The fraction of sp³-hybridized carbons (Fsp3) is 0.222. The third-order valence-electron chi connectivity index (χ3n) is 4.31. The van der Waals surface area contributed by atoms with Crippen LogP contribution in [0.3, 0.4) is 0 Å². The number of amides is 1. The highest BCUT2D eigenvalue weighted by Crippen LogP contribution is 2.33. The van der Waals surface area contributed by atoms with Gasteiger partial charge in [-0.2, -0.15) is 18.4 Å². The summed E-state index contributed by atoms with van der Waals surface area (Å²) < 4.78 is 79.7. The number of nitrogens with one attached hydrogen (secondary N) is 1. The van der Waals surface area contributed by atoms with Gasteiger partial charge >= 0.3 is 6.18 Å². The second-order valence-electron chi connectivity index (χ2n) is 6.30. The van der Waals surface area contributed by atoms with Crippen molar-refractivity contribution in [2.45, 2.75) is 23.5 Å².